The van der Waals surface area contributed by atoms with E-state index in [1.165, 1.54) is 25.6 Å². The SMILES string of the molecule is CC.CC(=O)NC(C)C(=O)O.COc1ccc2cc(C(C)C(=O)SC)ccc2c1. The van der Waals surface area contributed by atoms with Crippen LogP contribution in [0.2, 0.25) is 0 Å². The number of hydrogen-bond acceptors (Lipinski definition) is 5. The molecule has 0 aliphatic rings. The molecule has 0 fully saturated rings. The van der Waals surface area contributed by atoms with Gasteiger partial charge in [0.25, 0.3) is 0 Å². The molecule has 1 amide bonds. The number of methoxy groups -OCH3 is 1. The molecule has 7 heteroatoms. The Labute approximate surface area is 177 Å². The molecule has 2 aromatic carbocycles. The molecule has 29 heavy (non-hydrogen) atoms. The molecule has 0 bridgehead atoms. The van der Waals surface area contributed by atoms with Gasteiger partial charge in [-0.2, -0.15) is 0 Å². The van der Waals surface area contributed by atoms with Crippen LogP contribution in [-0.2, 0) is 14.4 Å². The fraction of sp³-hybridized carbons (Fsp3) is 0.409. The number of carbonyl (C=O) groups is 3. The quantitative estimate of drug-likeness (QED) is 0.740. The van der Waals surface area contributed by atoms with Gasteiger partial charge in [-0.05, 0) is 41.6 Å². The van der Waals surface area contributed by atoms with Crippen molar-refractivity contribution in [1.29, 1.82) is 0 Å². The number of benzene rings is 2. The number of rotatable bonds is 5. The predicted molar refractivity (Wildman–Crippen MR) is 120 cm³/mol. The molecule has 0 saturated heterocycles. The Balaban J connectivity index is 0.000000606. The van der Waals surface area contributed by atoms with E-state index in [4.69, 9.17) is 9.84 Å². The molecule has 0 radical (unpaired) electrons. The van der Waals surface area contributed by atoms with Crippen molar-refractivity contribution in [2.24, 2.45) is 0 Å². The highest BCUT2D eigenvalue weighted by Crippen LogP contribution is 2.27. The molecular formula is C22H31NO5S. The maximum atomic E-state index is 11.7. The van der Waals surface area contributed by atoms with E-state index in [0.29, 0.717) is 0 Å². The minimum atomic E-state index is -1.02. The van der Waals surface area contributed by atoms with E-state index in [1.807, 2.05) is 57.4 Å². The van der Waals surface area contributed by atoms with Gasteiger partial charge in [-0.25, -0.2) is 0 Å². The van der Waals surface area contributed by atoms with Gasteiger partial charge in [0, 0.05) is 6.92 Å². The van der Waals surface area contributed by atoms with Gasteiger partial charge in [0.1, 0.15) is 11.8 Å². The van der Waals surface area contributed by atoms with Crippen LogP contribution in [0.3, 0.4) is 0 Å². The van der Waals surface area contributed by atoms with Crippen LogP contribution in [-0.4, -0.2) is 41.5 Å². The summed E-state index contributed by atoms with van der Waals surface area (Å²) in [6.07, 6.45) is 1.82. The van der Waals surface area contributed by atoms with Crippen LogP contribution in [0.25, 0.3) is 10.8 Å². The number of fused-ring (bicyclic) bond motifs is 1. The number of carboxylic acid groups (broad SMARTS) is 1. The average Bonchev–Trinajstić information content (AvgIpc) is 2.73. The number of aliphatic carboxylic acids is 1. The third kappa shape index (κ3) is 9.00. The summed E-state index contributed by atoms with van der Waals surface area (Å²) in [4.78, 5) is 31.9. The third-order valence-corrected chi connectivity index (χ3v) is 4.67. The van der Waals surface area contributed by atoms with E-state index >= 15 is 0 Å². The van der Waals surface area contributed by atoms with Gasteiger partial charge < -0.3 is 15.2 Å². The lowest BCUT2D eigenvalue weighted by Crippen LogP contribution is -2.36. The number of thioether (sulfide) groups is 1. The second-order valence-electron chi connectivity index (χ2n) is 5.98. The number of carboxylic acids is 1. The van der Waals surface area contributed by atoms with Crippen LogP contribution in [0.5, 0.6) is 5.75 Å². The maximum Gasteiger partial charge on any atom is 0.325 e. The molecule has 2 aromatic rings. The van der Waals surface area contributed by atoms with Crippen molar-refractivity contribution >= 4 is 39.5 Å². The Morgan fingerprint density at radius 1 is 1.03 bits per heavy atom. The summed E-state index contributed by atoms with van der Waals surface area (Å²) in [6.45, 7) is 8.63. The molecule has 0 heterocycles. The Hall–Kier alpha value is -2.54. The first-order chi connectivity index (χ1) is 13.7. The van der Waals surface area contributed by atoms with E-state index in [1.54, 1.807) is 7.11 Å². The zero-order valence-corrected chi connectivity index (χ0v) is 18.9. The van der Waals surface area contributed by atoms with Crippen molar-refractivity contribution in [2.75, 3.05) is 13.4 Å². The van der Waals surface area contributed by atoms with Crippen LogP contribution in [0, 0.1) is 0 Å². The number of amides is 1. The first kappa shape index (κ1) is 26.5. The number of hydrogen-bond donors (Lipinski definition) is 2. The molecule has 2 atom stereocenters. The molecule has 0 spiro atoms. The van der Waals surface area contributed by atoms with Gasteiger partial charge in [-0.15, -0.1) is 0 Å². The molecule has 0 saturated carbocycles. The molecule has 0 aliphatic carbocycles. The van der Waals surface area contributed by atoms with E-state index in [2.05, 4.69) is 11.4 Å². The van der Waals surface area contributed by atoms with E-state index in [-0.39, 0.29) is 16.9 Å². The largest absolute Gasteiger partial charge is 0.497 e. The molecule has 2 rings (SSSR count). The summed E-state index contributed by atoms with van der Waals surface area (Å²) in [5.41, 5.74) is 1.06. The average molecular weight is 422 g/mol. The maximum absolute atomic E-state index is 11.7. The second kappa shape index (κ2) is 13.6. The van der Waals surface area contributed by atoms with Crippen molar-refractivity contribution < 1.29 is 24.2 Å². The molecular weight excluding hydrogens is 390 g/mol. The standard InChI is InChI=1S/C15H16O2S.C5H9NO3.C2H6/c1-10(15(16)18-3)11-4-5-13-9-14(17-2)7-6-12(13)8-11;1-3(5(8)9)6-4(2)7;1-2/h4-10H,1-3H3;3H,1-2H3,(H,6,7)(H,8,9);1-2H3. The zero-order chi connectivity index (χ0) is 22.6. The van der Waals surface area contributed by atoms with Crippen LogP contribution >= 0.6 is 11.8 Å². The van der Waals surface area contributed by atoms with E-state index < -0.39 is 12.0 Å². The van der Waals surface area contributed by atoms with Crippen LogP contribution in [0.1, 0.15) is 46.1 Å². The Bertz CT molecular complexity index is 822. The van der Waals surface area contributed by atoms with E-state index in [0.717, 1.165) is 22.1 Å². The molecule has 2 N–H and O–H groups in total. The monoisotopic (exact) mass is 421 g/mol. The minimum Gasteiger partial charge on any atom is -0.497 e. The van der Waals surface area contributed by atoms with Gasteiger partial charge in [-0.1, -0.05) is 56.8 Å². The lowest BCUT2D eigenvalue weighted by atomic mass is 9.99. The molecule has 160 valence electrons. The van der Waals surface area contributed by atoms with Gasteiger partial charge in [-0.3, -0.25) is 14.4 Å². The molecule has 2 unspecified atom stereocenters. The first-order valence-electron chi connectivity index (χ1n) is 9.35. The third-order valence-electron chi connectivity index (χ3n) is 3.92. The van der Waals surface area contributed by atoms with Gasteiger partial charge >= 0.3 is 5.97 Å². The summed E-state index contributed by atoms with van der Waals surface area (Å²) in [7, 11) is 1.66. The van der Waals surface area contributed by atoms with Crippen molar-refractivity contribution in [3.63, 3.8) is 0 Å². The van der Waals surface area contributed by atoms with Crippen molar-refractivity contribution in [1.82, 2.24) is 5.32 Å². The molecule has 0 aromatic heterocycles. The van der Waals surface area contributed by atoms with Gasteiger partial charge in [0.2, 0.25) is 5.91 Å². The Morgan fingerprint density at radius 2 is 1.59 bits per heavy atom. The van der Waals surface area contributed by atoms with Crippen molar-refractivity contribution in [3.8, 4) is 5.75 Å². The van der Waals surface area contributed by atoms with Crippen LogP contribution in [0.4, 0.5) is 0 Å². The summed E-state index contributed by atoms with van der Waals surface area (Å²) in [6, 6.07) is 11.3. The number of nitrogens with one attached hydrogen (secondary N) is 1. The highest BCUT2D eigenvalue weighted by molar-refractivity contribution is 8.13. The lowest BCUT2D eigenvalue weighted by molar-refractivity contribution is -0.141. The van der Waals surface area contributed by atoms with Crippen LogP contribution < -0.4 is 10.1 Å². The highest BCUT2D eigenvalue weighted by atomic mass is 32.2. The lowest BCUT2D eigenvalue weighted by Gasteiger charge is -2.10. The summed E-state index contributed by atoms with van der Waals surface area (Å²) in [5.74, 6) is -0.565. The highest BCUT2D eigenvalue weighted by Gasteiger charge is 2.14. The fourth-order valence-corrected chi connectivity index (χ4v) is 2.81. The van der Waals surface area contributed by atoms with Gasteiger partial charge in [0.15, 0.2) is 5.12 Å². The van der Waals surface area contributed by atoms with Crippen molar-refractivity contribution in [2.45, 2.75) is 46.6 Å². The minimum absolute atomic E-state index is 0.0634. The van der Waals surface area contributed by atoms with E-state index in [9.17, 15) is 14.4 Å². The smallest absolute Gasteiger partial charge is 0.325 e. The Kier molecular flexibility index (Phi) is 12.4. The summed E-state index contributed by atoms with van der Waals surface area (Å²) < 4.78 is 5.20. The van der Waals surface area contributed by atoms with Crippen molar-refractivity contribution in [3.05, 3.63) is 42.0 Å². The topological polar surface area (TPSA) is 92.7 Å². The fourth-order valence-electron chi connectivity index (χ4n) is 2.32. The predicted octanol–water partition coefficient (Wildman–Crippen LogP) is 4.46. The summed E-state index contributed by atoms with van der Waals surface area (Å²) in [5, 5.41) is 12.9. The first-order valence-corrected chi connectivity index (χ1v) is 10.6. The zero-order valence-electron chi connectivity index (χ0n) is 18.1. The number of ether oxygens (including phenoxy) is 1. The Morgan fingerprint density at radius 3 is 2.03 bits per heavy atom. The molecule has 0 aliphatic heterocycles. The molecule has 6 nitrogen and oxygen atoms in total. The second-order valence-corrected chi connectivity index (χ2v) is 6.79. The number of carbonyl (C=O) groups excluding carboxylic acids is 2. The van der Waals surface area contributed by atoms with Crippen LogP contribution in [0.15, 0.2) is 36.4 Å². The van der Waals surface area contributed by atoms with Gasteiger partial charge in [0.05, 0.1) is 13.0 Å². The summed E-state index contributed by atoms with van der Waals surface area (Å²) >= 11 is 1.28. The normalized spacial score (nSPS) is 11.7.